The first-order valence-electron chi connectivity index (χ1n) is 11.3. The number of aryl methyl sites for hydroxylation is 3. The third kappa shape index (κ3) is 5.33. The Kier molecular flexibility index (Phi) is 7.13. The van der Waals surface area contributed by atoms with E-state index in [-0.39, 0.29) is 16.3 Å². The van der Waals surface area contributed by atoms with Gasteiger partial charge in [-0.15, -0.1) is 0 Å². The van der Waals surface area contributed by atoms with Crippen LogP contribution in [0.2, 0.25) is 0 Å². The number of pyridine rings is 1. The zero-order valence-electron chi connectivity index (χ0n) is 19.8. The van der Waals surface area contributed by atoms with Crippen LogP contribution in [0.25, 0.3) is 16.9 Å². The third-order valence-corrected chi connectivity index (χ3v) is 7.62. The van der Waals surface area contributed by atoms with Crippen molar-refractivity contribution < 1.29 is 13.2 Å². The van der Waals surface area contributed by atoms with Crippen molar-refractivity contribution in [3.63, 3.8) is 0 Å². The van der Waals surface area contributed by atoms with Crippen LogP contribution >= 0.6 is 12.2 Å². The van der Waals surface area contributed by atoms with Gasteiger partial charge in [-0.05, 0) is 55.7 Å². The van der Waals surface area contributed by atoms with Crippen molar-refractivity contribution in [2.75, 3.05) is 6.54 Å². The Morgan fingerprint density at radius 1 is 1.17 bits per heavy atom. The fraction of sp³-hybridized carbons (Fsp3) is 0.280. The van der Waals surface area contributed by atoms with Gasteiger partial charge in [-0.25, -0.2) is 27.9 Å². The van der Waals surface area contributed by atoms with Crippen molar-refractivity contribution in [3.8, 4) is 5.69 Å². The number of allylic oxidation sites excluding steroid dienone is 4. The molecular weight excluding hydrogens is 482 g/mol. The molecule has 35 heavy (non-hydrogen) atoms. The van der Waals surface area contributed by atoms with Gasteiger partial charge < -0.3 is 5.32 Å². The highest BCUT2D eigenvalue weighted by Gasteiger charge is 2.24. The van der Waals surface area contributed by atoms with Crippen LogP contribution in [0.15, 0.2) is 53.5 Å². The van der Waals surface area contributed by atoms with E-state index in [1.807, 2.05) is 48.9 Å². The molecule has 2 amide bonds. The minimum absolute atomic E-state index is 0.0425. The molecule has 0 fully saturated rings. The Morgan fingerprint density at radius 2 is 1.91 bits per heavy atom. The van der Waals surface area contributed by atoms with Gasteiger partial charge in [0.1, 0.15) is 16.2 Å². The fourth-order valence-electron chi connectivity index (χ4n) is 4.02. The van der Waals surface area contributed by atoms with Crippen molar-refractivity contribution in [2.24, 2.45) is 0 Å². The molecule has 0 aliphatic heterocycles. The summed E-state index contributed by atoms with van der Waals surface area (Å²) in [5, 5.41) is 2.60. The predicted octanol–water partition coefficient (Wildman–Crippen LogP) is 3.98. The lowest BCUT2D eigenvalue weighted by atomic mass is 10.1. The average Bonchev–Trinajstić information content (AvgIpc) is 3.18. The van der Waals surface area contributed by atoms with E-state index in [1.165, 1.54) is 6.08 Å². The number of thiocarbonyl (C=S) groups is 1. The number of aromatic nitrogens is 3. The summed E-state index contributed by atoms with van der Waals surface area (Å²) in [6, 6.07) is 9.23. The van der Waals surface area contributed by atoms with E-state index in [1.54, 1.807) is 12.2 Å². The van der Waals surface area contributed by atoms with Crippen LogP contribution in [0.4, 0.5) is 4.79 Å². The second kappa shape index (κ2) is 10.1. The zero-order valence-corrected chi connectivity index (χ0v) is 21.5. The second-order valence-corrected chi connectivity index (χ2v) is 10.5. The number of benzene rings is 1. The molecule has 0 bridgehead atoms. The van der Waals surface area contributed by atoms with Crippen LogP contribution in [-0.2, 0) is 22.9 Å². The molecule has 182 valence electrons. The summed E-state index contributed by atoms with van der Waals surface area (Å²) in [6.07, 6.45) is 6.46. The Balaban J connectivity index is 1.41. The van der Waals surface area contributed by atoms with Gasteiger partial charge in [0.15, 0.2) is 5.65 Å². The first kappa shape index (κ1) is 24.7. The molecule has 2 heterocycles. The molecule has 0 saturated carbocycles. The molecule has 0 unspecified atom stereocenters. The Labute approximate surface area is 210 Å². The normalized spacial score (nSPS) is 13.7. The molecule has 0 radical (unpaired) electrons. The van der Waals surface area contributed by atoms with Gasteiger partial charge in [0.25, 0.3) is 10.0 Å². The molecule has 10 heteroatoms. The molecule has 1 aliphatic carbocycles. The van der Waals surface area contributed by atoms with Gasteiger partial charge in [0.2, 0.25) is 0 Å². The maximum absolute atomic E-state index is 12.4. The summed E-state index contributed by atoms with van der Waals surface area (Å²) in [5.41, 5.74) is 5.76. The van der Waals surface area contributed by atoms with Gasteiger partial charge >= 0.3 is 6.03 Å². The lowest BCUT2D eigenvalue weighted by Gasteiger charge is -2.13. The van der Waals surface area contributed by atoms with E-state index >= 15 is 0 Å². The number of hydrogen-bond donors (Lipinski definition) is 2. The average molecular weight is 510 g/mol. The van der Waals surface area contributed by atoms with Crippen LogP contribution in [0.1, 0.15) is 36.0 Å². The molecule has 2 N–H and O–H groups in total. The van der Waals surface area contributed by atoms with Gasteiger partial charge in [0, 0.05) is 35.6 Å². The number of carbonyl (C=O) groups is 1. The quantitative estimate of drug-likeness (QED) is 0.467. The number of nitrogens with zero attached hydrogens (tertiary/aromatic N) is 3. The molecule has 0 spiro atoms. The molecule has 8 nitrogen and oxygen atoms in total. The number of nitrogens with one attached hydrogen (secondary N) is 2. The molecule has 1 aromatic carbocycles. The molecule has 0 saturated heterocycles. The van der Waals surface area contributed by atoms with Crippen molar-refractivity contribution in [1.82, 2.24) is 24.6 Å². The van der Waals surface area contributed by atoms with Crippen molar-refractivity contribution >= 4 is 44.3 Å². The number of amides is 2. The minimum Gasteiger partial charge on any atom is -0.337 e. The predicted molar refractivity (Wildman–Crippen MR) is 141 cm³/mol. The van der Waals surface area contributed by atoms with E-state index in [2.05, 4.69) is 16.8 Å². The Bertz CT molecular complexity index is 1470. The maximum atomic E-state index is 12.4. The lowest BCUT2D eigenvalue weighted by molar-refractivity contribution is 0.246. The van der Waals surface area contributed by atoms with Crippen LogP contribution < -0.4 is 10.0 Å². The summed E-state index contributed by atoms with van der Waals surface area (Å²) in [5.74, 6) is 0.941. The highest BCUT2D eigenvalue weighted by atomic mass is 32.2. The minimum atomic E-state index is -4.00. The van der Waals surface area contributed by atoms with E-state index in [4.69, 9.17) is 22.2 Å². The van der Waals surface area contributed by atoms with Crippen LogP contribution in [0, 0.1) is 13.8 Å². The molecule has 2 aromatic heterocycles. The number of sulfonamides is 1. The van der Waals surface area contributed by atoms with Crippen molar-refractivity contribution in [2.45, 2.75) is 40.0 Å². The standard InChI is InChI=1S/C25H27N5O3S2/c1-4-22-28-23-16(2)15-17(3)27-24(23)30(22)19-11-9-18(10-12-19)13-14-26-25(31)29-35(32,33)21-8-6-5-7-20(21)34/h5-6,8-12,15H,4,7,13-14H2,1-3H3,(H2,26,29,31). The van der Waals surface area contributed by atoms with E-state index in [9.17, 15) is 13.2 Å². The molecule has 0 atom stereocenters. The second-order valence-electron chi connectivity index (χ2n) is 8.33. The van der Waals surface area contributed by atoms with Crippen molar-refractivity contribution in [3.05, 3.63) is 76.1 Å². The number of carbonyl (C=O) groups excluding carboxylic acids is 1. The molecule has 4 rings (SSSR count). The van der Waals surface area contributed by atoms with Gasteiger partial charge in [-0.2, -0.15) is 0 Å². The number of imidazole rings is 1. The Hall–Kier alpha value is -3.37. The van der Waals surface area contributed by atoms with Crippen LogP contribution in [0.3, 0.4) is 0 Å². The first-order chi connectivity index (χ1) is 16.7. The summed E-state index contributed by atoms with van der Waals surface area (Å²) in [6.45, 7) is 6.37. The van der Waals surface area contributed by atoms with E-state index in [0.29, 0.717) is 12.8 Å². The number of hydrogen-bond acceptors (Lipinski definition) is 6. The number of rotatable bonds is 7. The van der Waals surface area contributed by atoms with Gasteiger partial charge in [-0.3, -0.25) is 4.57 Å². The molecule has 1 aliphatic rings. The highest BCUT2D eigenvalue weighted by molar-refractivity contribution is 7.97. The van der Waals surface area contributed by atoms with Crippen molar-refractivity contribution in [1.29, 1.82) is 0 Å². The fourth-order valence-corrected chi connectivity index (χ4v) is 5.58. The summed E-state index contributed by atoms with van der Waals surface area (Å²) < 4.78 is 28.9. The topological polar surface area (TPSA) is 106 Å². The smallest absolute Gasteiger partial charge is 0.328 e. The maximum Gasteiger partial charge on any atom is 0.328 e. The monoisotopic (exact) mass is 509 g/mol. The zero-order chi connectivity index (χ0) is 25.2. The third-order valence-electron chi connectivity index (χ3n) is 5.69. The highest BCUT2D eigenvalue weighted by Crippen LogP contribution is 2.24. The van der Waals surface area contributed by atoms with Crippen LogP contribution in [-0.4, -0.2) is 40.4 Å². The SMILES string of the molecule is CCc1nc2c(C)cc(C)nc2n1-c1ccc(CCNC(=O)NS(=O)(=O)C2=CC=CCC2=S)cc1. The summed E-state index contributed by atoms with van der Waals surface area (Å²) >= 11 is 5.09. The molecule has 3 aromatic rings. The first-order valence-corrected chi connectivity index (χ1v) is 13.2. The van der Waals surface area contributed by atoms with Gasteiger partial charge in [0.05, 0.1) is 0 Å². The van der Waals surface area contributed by atoms with E-state index < -0.39 is 16.1 Å². The number of urea groups is 1. The lowest BCUT2D eigenvalue weighted by Crippen LogP contribution is -2.41. The summed E-state index contributed by atoms with van der Waals surface area (Å²) in [4.78, 5) is 21.9. The van der Waals surface area contributed by atoms with Crippen LogP contribution in [0.5, 0.6) is 0 Å². The Morgan fingerprint density at radius 3 is 2.60 bits per heavy atom. The van der Waals surface area contributed by atoms with E-state index in [0.717, 1.165) is 45.9 Å². The van der Waals surface area contributed by atoms with Gasteiger partial charge in [-0.1, -0.05) is 43.4 Å². The number of fused-ring (bicyclic) bond motifs is 1. The largest absolute Gasteiger partial charge is 0.337 e. The summed E-state index contributed by atoms with van der Waals surface area (Å²) in [7, 11) is -4.00. The molecular formula is C25H27N5O3S2.